The van der Waals surface area contributed by atoms with Gasteiger partial charge in [0.25, 0.3) is 0 Å². The molecule has 1 saturated heterocycles. The van der Waals surface area contributed by atoms with E-state index in [-0.39, 0.29) is 11.7 Å². The minimum absolute atomic E-state index is 0.198. The average Bonchev–Trinajstić information content (AvgIpc) is 2.44. The summed E-state index contributed by atoms with van der Waals surface area (Å²) in [6, 6.07) is 5.64. The number of nitrogens with zero attached hydrogens (tertiary/aromatic N) is 1. The number of halogens is 1. The molecule has 1 fully saturated rings. The Morgan fingerprint density at radius 3 is 2.69 bits per heavy atom. The predicted molar refractivity (Wildman–Crippen MR) is 69.2 cm³/mol. The fourth-order valence-corrected chi connectivity index (χ4v) is 4.35. The van der Waals surface area contributed by atoms with Crippen LogP contribution in [0.4, 0.5) is 5.69 Å². The van der Waals surface area contributed by atoms with Gasteiger partial charge in [0.15, 0.2) is 0 Å². The molecule has 1 aliphatic rings. The zero-order chi connectivity index (χ0) is 11.9. The van der Waals surface area contributed by atoms with Crippen molar-refractivity contribution >= 4 is 31.6 Å². The van der Waals surface area contributed by atoms with E-state index >= 15 is 0 Å². The van der Waals surface area contributed by atoms with Crippen molar-refractivity contribution in [2.75, 3.05) is 16.6 Å². The summed E-state index contributed by atoms with van der Waals surface area (Å²) in [5.74, 6) is 0.447. The molecule has 16 heavy (non-hydrogen) atoms. The maximum atomic E-state index is 11.9. The minimum Gasteiger partial charge on any atom is -0.270 e. The van der Waals surface area contributed by atoms with Crippen LogP contribution in [0, 0.1) is 12.8 Å². The van der Waals surface area contributed by atoms with Crippen molar-refractivity contribution in [3.63, 3.8) is 0 Å². The number of hydrogen-bond donors (Lipinski definition) is 0. The van der Waals surface area contributed by atoms with Gasteiger partial charge < -0.3 is 0 Å². The van der Waals surface area contributed by atoms with Crippen LogP contribution in [0.1, 0.15) is 12.5 Å². The summed E-state index contributed by atoms with van der Waals surface area (Å²) in [5.41, 5.74) is 1.76. The Hall–Kier alpha value is -0.550. The standard InChI is InChI=1S/C11H14BrNO2S/c1-8-6-13(16(14,15)7-8)11-5-3-4-10(12)9(11)2/h3-5,8H,6-7H2,1-2H3. The summed E-state index contributed by atoms with van der Waals surface area (Å²) in [6.07, 6.45) is 0. The second-order valence-corrected chi connectivity index (χ2v) is 7.09. The van der Waals surface area contributed by atoms with E-state index in [0.717, 1.165) is 15.7 Å². The Bertz CT molecular complexity index is 513. The van der Waals surface area contributed by atoms with E-state index in [1.165, 1.54) is 4.31 Å². The van der Waals surface area contributed by atoms with Gasteiger partial charge in [-0.3, -0.25) is 4.31 Å². The summed E-state index contributed by atoms with van der Waals surface area (Å²) in [7, 11) is -3.12. The van der Waals surface area contributed by atoms with Crippen molar-refractivity contribution in [2.24, 2.45) is 5.92 Å². The molecule has 0 aromatic heterocycles. The van der Waals surface area contributed by atoms with Gasteiger partial charge in [0.05, 0.1) is 11.4 Å². The number of anilines is 1. The molecule has 0 saturated carbocycles. The first-order valence-electron chi connectivity index (χ1n) is 5.17. The number of hydrogen-bond acceptors (Lipinski definition) is 2. The molecule has 2 rings (SSSR count). The zero-order valence-corrected chi connectivity index (χ0v) is 11.7. The lowest BCUT2D eigenvalue weighted by Gasteiger charge is -2.20. The molecule has 0 aliphatic carbocycles. The van der Waals surface area contributed by atoms with Crippen molar-refractivity contribution in [1.29, 1.82) is 0 Å². The monoisotopic (exact) mass is 303 g/mol. The first-order valence-corrected chi connectivity index (χ1v) is 7.57. The normalized spacial score (nSPS) is 23.7. The first kappa shape index (κ1) is 11.9. The van der Waals surface area contributed by atoms with E-state index in [9.17, 15) is 8.42 Å². The molecule has 0 radical (unpaired) electrons. The highest BCUT2D eigenvalue weighted by Crippen LogP contribution is 2.32. The third-order valence-corrected chi connectivity index (χ3v) is 5.68. The lowest BCUT2D eigenvalue weighted by atomic mass is 10.1. The molecular weight excluding hydrogens is 290 g/mol. The third-order valence-electron chi connectivity index (χ3n) is 2.82. The Balaban J connectivity index is 2.50. The van der Waals surface area contributed by atoms with Crippen LogP contribution < -0.4 is 4.31 Å². The molecule has 1 aromatic carbocycles. The smallest absolute Gasteiger partial charge is 0.235 e. The summed E-state index contributed by atoms with van der Waals surface area (Å²) < 4.78 is 26.4. The minimum atomic E-state index is -3.12. The third kappa shape index (κ3) is 1.98. The summed E-state index contributed by atoms with van der Waals surface area (Å²) in [6.45, 7) is 4.47. The number of sulfonamides is 1. The van der Waals surface area contributed by atoms with E-state index in [4.69, 9.17) is 0 Å². The van der Waals surface area contributed by atoms with Gasteiger partial charge in [0.2, 0.25) is 10.0 Å². The second kappa shape index (κ2) is 4.04. The lowest BCUT2D eigenvalue weighted by Crippen LogP contribution is -2.26. The van der Waals surface area contributed by atoms with Crippen LogP contribution in [0.3, 0.4) is 0 Å². The van der Waals surface area contributed by atoms with Crippen molar-refractivity contribution in [3.8, 4) is 0 Å². The number of benzene rings is 1. The molecule has 0 bridgehead atoms. The molecule has 0 spiro atoms. The molecular formula is C11H14BrNO2S. The van der Waals surface area contributed by atoms with E-state index in [1.807, 2.05) is 32.0 Å². The molecule has 1 heterocycles. The Morgan fingerprint density at radius 2 is 2.12 bits per heavy atom. The topological polar surface area (TPSA) is 37.4 Å². The quantitative estimate of drug-likeness (QED) is 0.799. The van der Waals surface area contributed by atoms with E-state index < -0.39 is 10.0 Å². The maximum absolute atomic E-state index is 11.9. The Labute approximate surface area is 105 Å². The summed E-state index contributed by atoms with van der Waals surface area (Å²) in [5, 5.41) is 0. The molecule has 1 aliphatic heterocycles. The van der Waals surface area contributed by atoms with Crippen LogP contribution in [0.5, 0.6) is 0 Å². The molecule has 3 nitrogen and oxygen atoms in total. The van der Waals surface area contributed by atoms with Crippen LogP contribution in [-0.2, 0) is 10.0 Å². The lowest BCUT2D eigenvalue weighted by molar-refractivity contribution is 0.598. The molecule has 0 amide bonds. The van der Waals surface area contributed by atoms with Crippen LogP contribution in [-0.4, -0.2) is 20.7 Å². The van der Waals surface area contributed by atoms with Crippen molar-refractivity contribution in [1.82, 2.24) is 0 Å². The van der Waals surface area contributed by atoms with Gasteiger partial charge in [-0.2, -0.15) is 0 Å². The highest BCUT2D eigenvalue weighted by molar-refractivity contribution is 9.10. The molecule has 88 valence electrons. The molecule has 1 atom stereocenters. The van der Waals surface area contributed by atoms with Crippen LogP contribution >= 0.6 is 15.9 Å². The van der Waals surface area contributed by atoms with Crippen molar-refractivity contribution in [3.05, 3.63) is 28.2 Å². The molecule has 1 aromatic rings. The van der Waals surface area contributed by atoms with Crippen LogP contribution in [0.15, 0.2) is 22.7 Å². The van der Waals surface area contributed by atoms with Gasteiger partial charge in [-0.15, -0.1) is 0 Å². The van der Waals surface area contributed by atoms with Gasteiger partial charge in [-0.05, 0) is 30.5 Å². The highest BCUT2D eigenvalue weighted by atomic mass is 79.9. The Morgan fingerprint density at radius 1 is 1.44 bits per heavy atom. The number of rotatable bonds is 1. The predicted octanol–water partition coefficient (Wildman–Crippen LogP) is 2.54. The second-order valence-electron chi connectivity index (χ2n) is 4.30. The fraction of sp³-hybridized carbons (Fsp3) is 0.455. The van der Waals surface area contributed by atoms with E-state index in [0.29, 0.717) is 6.54 Å². The van der Waals surface area contributed by atoms with Gasteiger partial charge in [0, 0.05) is 11.0 Å². The van der Waals surface area contributed by atoms with Crippen molar-refractivity contribution in [2.45, 2.75) is 13.8 Å². The highest BCUT2D eigenvalue weighted by Gasteiger charge is 2.34. The average molecular weight is 304 g/mol. The van der Waals surface area contributed by atoms with Crippen molar-refractivity contribution < 1.29 is 8.42 Å². The maximum Gasteiger partial charge on any atom is 0.235 e. The first-order chi connectivity index (χ1) is 7.42. The Kier molecular flexibility index (Phi) is 3.01. The van der Waals surface area contributed by atoms with Crippen LogP contribution in [0.2, 0.25) is 0 Å². The molecule has 0 N–H and O–H groups in total. The SMILES string of the molecule is Cc1c(Br)cccc1N1CC(C)CS1(=O)=O. The fourth-order valence-electron chi connectivity index (χ4n) is 2.01. The summed E-state index contributed by atoms with van der Waals surface area (Å²) in [4.78, 5) is 0. The molecule has 1 unspecified atom stereocenters. The molecule has 5 heteroatoms. The van der Waals surface area contributed by atoms with Gasteiger partial charge in [0.1, 0.15) is 0 Å². The van der Waals surface area contributed by atoms with E-state index in [1.54, 1.807) is 0 Å². The van der Waals surface area contributed by atoms with Gasteiger partial charge in [-0.1, -0.05) is 28.9 Å². The van der Waals surface area contributed by atoms with E-state index in [2.05, 4.69) is 15.9 Å². The van der Waals surface area contributed by atoms with Gasteiger partial charge >= 0.3 is 0 Å². The zero-order valence-electron chi connectivity index (χ0n) is 9.27. The summed E-state index contributed by atoms with van der Waals surface area (Å²) >= 11 is 3.42. The largest absolute Gasteiger partial charge is 0.270 e. The van der Waals surface area contributed by atoms with Gasteiger partial charge in [-0.25, -0.2) is 8.42 Å². The van der Waals surface area contributed by atoms with Crippen LogP contribution in [0.25, 0.3) is 0 Å².